The average Bonchev–Trinajstić information content (AvgIpc) is 2.18. The quantitative estimate of drug-likeness (QED) is 0.899. The number of anilines is 1. The van der Waals surface area contributed by atoms with Gasteiger partial charge in [-0.2, -0.15) is 0 Å². The van der Waals surface area contributed by atoms with E-state index < -0.39 is 0 Å². The van der Waals surface area contributed by atoms with Gasteiger partial charge in [-0.3, -0.25) is 4.79 Å². The van der Waals surface area contributed by atoms with Crippen molar-refractivity contribution in [2.45, 2.75) is 27.7 Å². The third kappa shape index (κ3) is 3.33. The van der Waals surface area contributed by atoms with Crippen LogP contribution < -0.4 is 10.9 Å². The number of H-pyrrole nitrogens is 1. The number of hydrogen-bond donors (Lipinski definition) is 2. The summed E-state index contributed by atoms with van der Waals surface area (Å²) in [6.45, 7) is 9.55. The van der Waals surface area contributed by atoms with Crippen molar-refractivity contribution in [3.8, 4) is 0 Å². The van der Waals surface area contributed by atoms with E-state index in [9.17, 15) is 4.79 Å². The maximum absolute atomic E-state index is 11.3. The molecule has 4 nitrogen and oxygen atoms in total. The van der Waals surface area contributed by atoms with Crippen LogP contribution in [0.4, 0.5) is 5.82 Å². The van der Waals surface area contributed by atoms with E-state index in [1.54, 1.807) is 0 Å². The van der Waals surface area contributed by atoms with Gasteiger partial charge in [0.25, 0.3) is 5.56 Å². The average molecular weight is 288 g/mol. The molecule has 1 unspecified atom stereocenters. The fraction of sp³-hybridized carbons (Fsp3) is 0.636. The van der Waals surface area contributed by atoms with E-state index in [1.165, 1.54) is 6.33 Å². The largest absolute Gasteiger partial charge is 0.369 e. The number of aromatic amines is 1. The molecule has 0 bridgehead atoms. The highest BCUT2D eigenvalue weighted by Crippen LogP contribution is 2.25. The van der Waals surface area contributed by atoms with Crippen LogP contribution >= 0.6 is 15.9 Å². The summed E-state index contributed by atoms with van der Waals surface area (Å²) in [7, 11) is 0. The van der Waals surface area contributed by atoms with Crippen LogP contribution in [-0.4, -0.2) is 16.5 Å². The first-order valence-electron chi connectivity index (χ1n) is 5.29. The summed E-state index contributed by atoms with van der Waals surface area (Å²) in [5.41, 5.74) is 0.0710. The first-order chi connectivity index (χ1) is 7.32. The van der Waals surface area contributed by atoms with Crippen LogP contribution in [0.25, 0.3) is 0 Å². The van der Waals surface area contributed by atoms with Crippen LogP contribution in [0.3, 0.4) is 0 Å². The molecule has 1 heterocycles. The van der Waals surface area contributed by atoms with Gasteiger partial charge in [-0.1, -0.05) is 27.7 Å². The number of halogens is 1. The Morgan fingerprint density at radius 3 is 2.75 bits per heavy atom. The van der Waals surface area contributed by atoms with Crippen LogP contribution in [0.5, 0.6) is 0 Å². The molecule has 1 rings (SSSR count). The predicted molar refractivity (Wildman–Crippen MR) is 69.7 cm³/mol. The number of nitrogens with one attached hydrogen (secondary N) is 2. The summed E-state index contributed by atoms with van der Waals surface area (Å²) >= 11 is 3.21. The smallest absolute Gasteiger partial charge is 0.267 e. The summed E-state index contributed by atoms with van der Waals surface area (Å²) in [6.07, 6.45) is 1.40. The molecule has 1 aromatic rings. The second-order valence-electron chi connectivity index (χ2n) is 5.04. The van der Waals surface area contributed by atoms with Crippen molar-refractivity contribution in [1.82, 2.24) is 9.97 Å². The molecule has 16 heavy (non-hydrogen) atoms. The lowest BCUT2D eigenvalue weighted by Gasteiger charge is -2.27. The number of nitrogens with zero attached hydrogens (tertiary/aromatic N) is 1. The van der Waals surface area contributed by atoms with Crippen LogP contribution in [-0.2, 0) is 0 Å². The molecule has 1 aromatic heterocycles. The Morgan fingerprint density at radius 1 is 1.56 bits per heavy atom. The van der Waals surface area contributed by atoms with E-state index in [-0.39, 0.29) is 11.0 Å². The molecule has 0 aliphatic heterocycles. The van der Waals surface area contributed by atoms with Crippen molar-refractivity contribution < 1.29 is 0 Å². The normalized spacial score (nSPS) is 13.6. The third-order valence-corrected chi connectivity index (χ3v) is 3.59. The first kappa shape index (κ1) is 13.2. The molecule has 0 aliphatic carbocycles. The molecule has 0 aliphatic rings. The summed E-state index contributed by atoms with van der Waals surface area (Å²) < 4.78 is 0.455. The highest BCUT2D eigenvalue weighted by Gasteiger charge is 2.20. The topological polar surface area (TPSA) is 57.8 Å². The molecular weight excluding hydrogens is 270 g/mol. The van der Waals surface area contributed by atoms with Crippen LogP contribution in [0.1, 0.15) is 27.7 Å². The van der Waals surface area contributed by atoms with Gasteiger partial charge in [0.05, 0.1) is 6.33 Å². The lowest BCUT2D eigenvalue weighted by atomic mass is 9.82. The van der Waals surface area contributed by atoms with Crippen molar-refractivity contribution in [2.24, 2.45) is 11.3 Å². The summed E-state index contributed by atoms with van der Waals surface area (Å²) in [6, 6.07) is 0. The van der Waals surface area contributed by atoms with E-state index in [4.69, 9.17) is 0 Å². The van der Waals surface area contributed by atoms with Gasteiger partial charge in [0.15, 0.2) is 0 Å². The minimum Gasteiger partial charge on any atom is -0.369 e. The molecule has 0 aromatic carbocycles. The number of aromatic nitrogens is 2. The molecular formula is C11H18BrN3O. The zero-order valence-electron chi connectivity index (χ0n) is 10.1. The lowest BCUT2D eigenvalue weighted by Crippen LogP contribution is -2.25. The van der Waals surface area contributed by atoms with Crippen molar-refractivity contribution in [2.75, 3.05) is 11.9 Å². The van der Waals surface area contributed by atoms with Gasteiger partial charge >= 0.3 is 0 Å². The van der Waals surface area contributed by atoms with E-state index in [0.29, 0.717) is 16.2 Å². The second kappa shape index (κ2) is 4.99. The zero-order valence-corrected chi connectivity index (χ0v) is 11.7. The van der Waals surface area contributed by atoms with Crippen LogP contribution in [0.2, 0.25) is 0 Å². The summed E-state index contributed by atoms with van der Waals surface area (Å²) in [5.74, 6) is 1.08. The second-order valence-corrected chi connectivity index (χ2v) is 5.84. The number of hydrogen-bond acceptors (Lipinski definition) is 3. The lowest BCUT2D eigenvalue weighted by molar-refractivity contribution is 0.274. The third-order valence-electron chi connectivity index (χ3n) is 2.85. The van der Waals surface area contributed by atoms with Gasteiger partial charge in [-0.15, -0.1) is 0 Å². The Hall–Kier alpha value is -0.840. The van der Waals surface area contributed by atoms with Crippen molar-refractivity contribution >= 4 is 21.7 Å². The first-order valence-corrected chi connectivity index (χ1v) is 6.08. The van der Waals surface area contributed by atoms with Gasteiger partial charge < -0.3 is 10.3 Å². The van der Waals surface area contributed by atoms with Crippen molar-refractivity contribution in [3.05, 3.63) is 21.2 Å². The van der Waals surface area contributed by atoms with E-state index >= 15 is 0 Å². The molecule has 1 atom stereocenters. The summed E-state index contributed by atoms with van der Waals surface area (Å²) in [4.78, 5) is 17.9. The number of rotatable bonds is 3. The molecule has 0 spiro atoms. The molecule has 0 saturated carbocycles. The highest BCUT2D eigenvalue weighted by molar-refractivity contribution is 9.10. The van der Waals surface area contributed by atoms with Gasteiger partial charge in [-0.25, -0.2) is 4.98 Å². The fourth-order valence-corrected chi connectivity index (χ4v) is 1.42. The Bertz CT molecular complexity index is 408. The van der Waals surface area contributed by atoms with Crippen LogP contribution in [0, 0.1) is 11.3 Å². The van der Waals surface area contributed by atoms with E-state index in [2.05, 4.69) is 58.9 Å². The minimum atomic E-state index is -0.166. The Morgan fingerprint density at radius 2 is 2.19 bits per heavy atom. The minimum absolute atomic E-state index is 0.166. The Labute approximate surface area is 104 Å². The van der Waals surface area contributed by atoms with E-state index in [0.717, 1.165) is 6.54 Å². The van der Waals surface area contributed by atoms with Gasteiger partial charge in [0, 0.05) is 6.54 Å². The zero-order chi connectivity index (χ0) is 12.3. The maximum Gasteiger partial charge on any atom is 0.267 e. The molecule has 2 N–H and O–H groups in total. The fourth-order valence-electron chi connectivity index (χ4n) is 1.06. The SMILES string of the molecule is CC(CNc1nc[nH]c(=O)c1Br)C(C)(C)C. The monoisotopic (exact) mass is 287 g/mol. The van der Waals surface area contributed by atoms with Gasteiger partial charge in [0.1, 0.15) is 10.3 Å². The standard InChI is InChI=1S/C11H18BrN3O/c1-7(11(2,3)4)5-13-9-8(12)10(16)15-6-14-9/h6-7H,5H2,1-4H3,(H2,13,14,15,16). The molecule has 90 valence electrons. The maximum atomic E-state index is 11.3. The van der Waals surface area contributed by atoms with Gasteiger partial charge in [-0.05, 0) is 27.3 Å². The molecule has 0 fully saturated rings. The van der Waals surface area contributed by atoms with Gasteiger partial charge in [0.2, 0.25) is 0 Å². The molecule has 5 heteroatoms. The predicted octanol–water partition coefficient (Wildman–Crippen LogP) is 2.63. The molecule has 0 radical (unpaired) electrons. The Balaban J connectivity index is 2.69. The Kier molecular flexibility index (Phi) is 4.13. The summed E-state index contributed by atoms with van der Waals surface area (Å²) in [5, 5.41) is 3.18. The molecule has 0 amide bonds. The van der Waals surface area contributed by atoms with Crippen molar-refractivity contribution in [3.63, 3.8) is 0 Å². The van der Waals surface area contributed by atoms with Crippen molar-refractivity contribution in [1.29, 1.82) is 0 Å². The van der Waals surface area contributed by atoms with E-state index in [1.807, 2.05) is 0 Å². The highest BCUT2D eigenvalue weighted by atomic mass is 79.9. The molecule has 0 saturated heterocycles. The van der Waals surface area contributed by atoms with Crippen LogP contribution in [0.15, 0.2) is 15.6 Å².